The monoisotopic (exact) mass is 430 g/mol. The Kier molecular flexibility index (Phi) is 4.65. The van der Waals surface area contributed by atoms with Crippen LogP contribution in [-0.2, 0) is 12.1 Å². The highest BCUT2D eigenvalue weighted by atomic mass is 16.7. The van der Waals surface area contributed by atoms with Gasteiger partial charge in [-0.3, -0.25) is 0 Å². The zero-order valence-electron chi connectivity index (χ0n) is 18.6. The van der Waals surface area contributed by atoms with Crippen molar-refractivity contribution in [1.29, 1.82) is 0 Å². The molecule has 0 amide bonds. The summed E-state index contributed by atoms with van der Waals surface area (Å²) in [5.41, 5.74) is 10.7. The highest BCUT2D eigenvalue weighted by Crippen LogP contribution is 2.35. The molecule has 8 nitrogen and oxygen atoms in total. The van der Waals surface area contributed by atoms with Gasteiger partial charge in [-0.1, -0.05) is 29.8 Å². The maximum atomic E-state index is 6.54. The molecule has 2 aromatic heterocycles. The van der Waals surface area contributed by atoms with E-state index in [0.29, 0.717) is 24.0 Å². The minimum absolute atomic E-state index is 0.254. The number of nitrogens with two attached hydrogens (primary N) is 1. The van der Waals surface area contributed by atoms with E-state index < -0.39 is 0 Å². The molecule has 4 aromatic rings. The third-order valence-electron chi connectivity index (χ3n) is 5.38. The summed E-state index contributed by atoms with van der Waals surface area (Å²) in [7, 11) is 0. The number of aromatic nitrogens is 4. The largest absolute Gasteiger partial charge is 0.454 e. The molecule has 0 aliphatic carbocycles. The maximum Gasteiger partial charge on any atom is 0.231 e. The van der Waals surface area contributed by atoms with E-state index in [9.17, 15) is 0 Å². The normalized spacial score (nSPS) is 13.0. The van der Waals surface area contributed by atoms with Crippen LogP contribution in [-0.4, -0.2) is 26.5 Å². The summed E-state index contributed by atoms with van der Waals surface area (Å²) in [6, 6.07) is 14.1. The van der Waals surface area contributed by atoms with Crippen molar-refractivity contribution in [1.82, 2.24) is 19.7 Å². The fourth-order valence-corrected chi connectivity index (χ4v) is 3.84. The van der Waals surface area contributed by atoms with Crippen molar-refractivity contribution in [2.45, 2.75) is 39.8 Å². The topological polar surface area (TPSA) is 100 Å². The van der Waals surface area contributed by atoms with Crippen molar-refractivity contribution in [2.24, 2.45) is 0 Å². The molecular weight excluding hydrogens is 404 g/mol. The Hall–Kier alpha value is -3.81. The molecule has 0 spiro atoms. The Balaban J connectivity index is 1.57. The summed E-state index contributed by atoms with van der Waals surface area (Å²) < 4.78 is 12.7. The van der Waals surface area contributed by atoms with Crippen LogP contribution in [0.3, 0.4) is 0 Å². The second-order valence-corrected chi connectivity index (χ2v) is 8.97. The highest BCUT2D eigenvalue weighted by Gasteiger charge is 2.24. The maximum absolute atomic E-state index is 6.54. The van der Waals surface area contributed by atoms with Crippen LogP contribution in [0.4, 0.5) is 11.8 Å². The summed E-state index contributed by atoms with van der Waals surface area (Å²) in [5.74, 6) is 2.56. The van der Waals surface area contributed by atoms with Crippen LogP contribution >= 0.6 is 0 Å². The van der Waals surface area contributed by atoms with Gasteiger partial charge in [-0.05, 0) is 51.5 Å². The fourth-order valence-electron chi connectivity index (χ4n) is 3.84. The number of nitrogens with zero attached hydrogens (tertiary/aromatic N) is 4. The molecular formula is C24H26N6O2. The number of fused-ring (bicyclic) bond motifs is 2. The molecule has 164 valence electrons. The zero-order valence-corrected chi connectivity index (χ0v) is 18.6. The van der Waals surface area contributed by atoms with Crippen molar-refractivity contribution in [3.8, 4) is 22.8 Å². The highest BCUT2D eigenvalue weighted by molar-refractivity contribution is 5.99. The molecule has 0 bridgehead atoms. The molecule has 0 fully saturated rings. The number of benzene rings is 2. The second kappa shape index (κ2) is 7.40. The minimum Gasteiger partial charge on any atom is -0.454 e. The Labute approximate surface area is 186 Å². The quantitative estimate of drug-likeness (QED) is 0.492. The molecule has 8 heteroatoms. The number of ether oxygens (including phenoxy) is 2. The fraction of sp³-hybridized carbons (Fsp3) is 0.292. The van der Waals surface area contributed by atoms with Crippen LogP contribution in [0.25, 0.3) is 22.3 Å². The second-order valence-electron chi connectivity index (χ2n) is 8.97. The lowest BCUT2D eigenvalue weighted by atomic mass is 10.1. The molecule has 0 unspecified atom stereocenters. The van der Waals surface area contributed by atoms with Gasteiger partial charge in [-0.25, -0.2) is 9.67 Å². The standard InChI is InChI=1S/C24H26N6O2/c1-14-6-5-7-16(10-14)20-19-21(25)30(24(2,3)4)29-22(19)28-23(27-20)26-12-15-8-9-17-18(11-15)32-13-31-17/h5-11H,12-13,25H2,1-4H3,(H,26,28,29). The Morgan fingerprint density at radius 3 is 2.66 bits per heavy atom. The Morgan fingerprint density at radius 2 is 1.88 bits per heavy atom. The summed E-state index contributed by atoms with van der Waals surface area (Å²) in [5, 5.41) is 8.81. The third kappa shape index (κ3) is 3.57. The van der Waals surface area contributed by atoms with Crippen LogP contribution in [0.15, 0.2) is 42.5 Å². The molecule has 0 saturated carbocycles. The minimum atomic E-state index is -0.283. The van der Waals surface area contributed by atoms with Crippen LogP contribution in [0.5, 0.6) is 11.5 Å². The van der Waals surface area contributed by atoms with Crippen LogP contribution in [0.2, 0.25) is 0 Å². The number of nitrogen functional groups attached to an aromatic ring is 1. The lowest BCUT2D eigenvalue weighted by Gasteiger charge is -2.20. The molecule has 1 aliphatic rings. The van der Waals surface area contributed by atoms with Crippen molar-refractivity contribution in [3.05, 3.63) is 53.6 Å². The predicted molar refractivity (Wildman–Crippen MR) is 125 cm³/mol. The molecule has 3 N–H and O–H groups in total. The van der Waals surface area contributed by atoms with E-state index in [1.165, 1.54) is 0 Å². The molecule has 0 atom stereocenters. The zero-order chi connectivity index (χ0) is 22.5. The molecule has 32 heavy (non-hydrogen) atoms. The van der Waals surface area contributed by atoms with E-state index in [-0.39, 0.29) is 12.3 Å². The van der Waals surface area contributed by atoms with Crippen LogP contribution in [0, 0.1) is 6.92 Å². The molecule has 1 aliphatic heterocycles. The molecule has 5 rings (SSSR count). The van der Waals surface area contributed by atoms with E-state index in [0.717, 1.165) is 39.3 Å². The van der Waals surface area contributed by atoms with E-state index in [1.54, 1.807) is 0 Å². The number of hydrogen-bond acceptors (Lipinski definition) is 7. The number of rotatable bonds is 4. The van der Waals surface area contributed by atoms with Gasteiger partial charge in [-0.2, -0.15) is 4.98 Å². The molecule has 3 heterocycles. The van der Waals surface area contributed by atoms with E-state index in [2.05, 4.69) is 50.1 Å². The van der Waals surface area contributed by atoms with Gasteiger partial charge >= 0.3 is 0 Å². The van der Waals surface area contributed by atoms with Gasteiger partial charge in [0.25, 0.3) is 0 Å². The Bertz CT molecular complexity index is 1320. The van der Waals surface area contributed by atoms with Crippen molar-refractivity contribution in [2.75, 3.05) is 17.8 Å². The van der Waals surface area contributed by atoms with Gasteiger partial charge < -0.3 is 20.5 Å². The lowest BCUT2D eigenvalue weighted by molar-refractivity contribution is 0.174. The lowest BCUT2D eigenvalue weighted by Crippen LogP contribution is -2.24. The predicted octanol–water partition coefficient (Wildman–Crippen LogP) is 4.48. The van der Waals surface area contributed by atoms with E-state index in [1.807, 2.05) is 35.0 Å². The summed E-state index contributed by atoms with van der Waals surface area (Å²) >= 11 is 0. The average molecular weight is 431 g/mol. The number of hydrogen-bond donors (Lipinski definition) is 2. The Morgan fingerprint density at radius 1 is 1.06 bits per heavy atom. The van der Waals surface area contributed by atoms with Crippen molar-refractivity contribution >= 4 is 22.8 Å². The van der Waals surface area contributed by atoms with E-state index in [4.69, 9.17) is 25.3 Å². The van der Waals surface area contributed by atoms with Gasteiger partial charge in [0.2, 0.25) is 12.7 Å². The smallest absolute Gasteiger partial charge is 0.231 e. The first-order chi connectivity index (χ1) is 15.3. The van der Waals surface area contributed by atoms with Crippen LogP contribution in [0.1, 0.15) is 31.9 Å². The first-order valence-electron chi connectivity index (χ1n) is 10.6. The first kappa shape index (κ1) is 20.1. The summed E-state index contributed by atoms with van der Waals surface area (Å²) in [6.45, 7) is 9.03. The number of nitrogens with one attached hydrogen (secondary N) is 1. The van der Waals surface area contributed by atoms with Gasteiger partial charge in [0.05, 0.1) is 16.6 Å². The van der Waals surface area contributed by atoms with Gasteiger partial charge in [-0.15, -0.1) is 5.10 Å². The van der Waals surface area contributed by atoms with Crippen LogP contribution < -0.4 is 20.5 Å². The van der Waals surface area contributed by atoms with E-state index >= 15 is 0 Å². The average Bonchev–Trinajstić information content (AvgIpc) is 3.35. The first-order valence-corrected chi connectivity index (χ1v) is 10.6. The third-order valence-corrected chi connectivity index (χ3v) is 5.38. The number of anilines is 2. The molecule has 0 radical (unpaired) electrons. The summed E-state index contributed by atoms with van der Waals surface area (Å²) in [6.07, 6.45) is 0. The molecule has 0 saturated heterocycles. The van der Waals surface area contributed by atoms with Gasteiger partial charge in [0.1, 0.15) is 5.82 Å². The van der Waals surface area contributed by atoms with Gasteiger partial charge in [0.15, 0.2) is 17.1 Å². The number of aryl methyl sites for hydroxylation is 1. The molecule has 2 aromatic carbocycles. The van der Waals surface area contributed by atoms with Crippen molar-refractivity contribution < 1.29 is 9.47 Å². The van der Waals surface area contributed by atoms with Crippen molar-refractivity contribution in [3.63, 3.8) is 0 Å². The van der Waals surface area contributed by atoms with Gasteiger partial charge in [0, 0.05) is 12.1 Å². The SMILES string of the molecule is Cc1cccc(-c2nc(NCc3ccc4c(c3)OCO4)nc3nn(C(C)(C)C)c(N)c23)c1. The summed E-state index contributed by atoms with van der Waals surface area (Å²) in [4.78, 5) is 9.52.